The number of hydrogen-bond acceptors (Lipinski definition) is 3. The summed E-state index contributed by atoms with van der Waals surface area (Å²) in [6.07, 6.45) is -0.913. The van der Waals surface area contributed by atoms with Crippen molar-refractivity contribution in [2.24, 2.45) is 0 Å². The van der Waals surface area contributed by atoms with Crippen LogP contribution in [-0.2, 0) is 15.6 Å². The maximum atomic E-state index is 14.3. The average Bonchev–Trinajstić information content (AvgIpc) is 2.39. The summed E-state index contributed by atoms with van der Waals surface area (Å²) in [5.74, 6) is -3.51. The van der Waals surface area contributed by atoms with Gasteiger partial charge in [0.1, 0.15) is 11.8 Å². The second-order valence-electron chi connectivity index (χ2n) is 8.38. The molecule has 2 rings (SSSR count). The Hall–Kier alpha value is -1.56. The van der Waals surface area contributed by atoms with Crippen LogP contribution in [0.4, 0.5) is 13.6 Å². The molecule has 1 amide bonds. The van der Waals surface area contributed by atoms with Gasteiger partial charge in [0.05, 0.1) is 0 Å². The fourth-order valence-electron chi connectivity index (χ4n) is 2.70. The molecule has 1 heterocycles. The van der Waals surface area contributed by atoms with Crippen LogP contribution in [0.3, 0.4) is 0 Å². The summed E-state index contributed by atoms with van der Waals surface area (Å²) in [6, 6.07) is 1.77. The van der Waals surface area contributed by atoms with E-state index in [4.69, 9.17) is 0 Å². The Morgan fingerprint density at radius 1 is 1.16 bits per heavy atom. The number of amides is 1. The number of cyclic esters (lactones) is 1. The molecule has 7 heteroatoms. The number of nitrogens with one attached hydrogen (secondary N) is 1. The molecule has 0 aliphatic carbocycles. The smallest absolute Gasteiger partial charge is 0.408 e. The minimum absolute atomic E-state index is 0. The number of halogens is 3. The van der Waals surface area contributed by atoms with Gasteiger partial charge in [-0.1, -0.05) is 47.6 Å². The number of carbonyl (C=O) groups is 1. The number of carbonyl (C=O) groups excluding carboxylic acids is 1. The van der Waals surface area contributed by atoms with Crippen LogP contribution in [0.25, 0.3) is 0 Å². The maximum absolute atomic E-state index is 14.3. The van der Waals surface area contributed by atoms with Gasteiger partial charge in [0.25, 0.3) is 0 Å². The van der Waals surface area contributed by atoms with Gasteiger partial charge in [-0.25, -0.2) is 13.6 Å². The third-order valence-corrected chi connectivity index (χ3v) is 4.20. The Kier molecular flexibility index (Phi) is 5.70. The van der Waals surface area contributed by atoms with E-state index < -0.39 is 30.1 Å². The summed E-state index contributed by atoms with van der Waals surface area (Å²) in [4.78, 5) is 11.5. The highest BCUT2D eigenvalue weighted by Gasteiger charge is 2.48. The lowest BCUT2D eigenvalue weighted by Gasteiger charge is -2.35. The van der Waals surface area contributed by atoms with Gasteiger partial charge in [-0.2, -0.15) is 0 Å². The first-order chi connectivity index (χ1) is 10.7. The number of hydrogen-bond donors (Lipinski definition) is 2. The summed E-state index contributed by atoms with van der Waals surface area (Å²) in [5.41, 5.74) is 0.671. The molecule has 2 N–H and O–H groups in total. The van der Waals surface area contributed by atoms with Crippen LogP contribution in [0, 0.1) is 0 Å². The van der Waals surface area contributed by atoms with E-state index in [1.165, 1.54) is 0 Å². The quantitative estimate of drug-likeness (QED) is 0.737. The van der Waals surface area contributed by atoms with Crippen LogP contribution in [0.5, 0.6) is 5.75 Å². The lowest BCUT2D eigenvalue weighted by Crippen LogP contribution is -2.49. The molecule has 1 aliphatic rings. The highest BCUT2D eigenvalue weighted by atomic mass is 35.5. The van der Waals surface area contributed by atoms with Crippen LogP contribution in [0.1, 0.15) is 64.3 Å². The number of phenols is 1. The van der Waals surface area contributed by atoms with Crippen molar-refractivity contribution in [3.63, 3.8) is 0 Å². The molecule has 0 unspecified atom stereocenters. The van der Waals surface area contributed by atoms with Crippen LogP contribution in [0.15, 0.2) is 12.1 Å². The van der Waals surface area contributed by atoms with E-state index in [9.17, 15) is 18.7 Å². The van der Waals surface area contributed by atoms with Crippen molar-refractivity contribution in [1.29, 1.82) is 0 Å². The molecule has 0 bridgehead atoms. The van der Waals surface area contributed by atoms with Crippen molar-refractivity contribution >= 4 is 18.5 Å². The number of rotatable bonds is 1. The summed E-state index contributed by atoms with van der Waals surface area (Å²) >= 11 is 0. The molecule has 0 radical (unpaired) electrons. The van der Waals surface area contributed by atoms with E-state index >= 15 is 0 Å². The van der Waals surface area contributed by atoms with E-state index in [1.807, 2.05) is 47.6 Å². The average molecular weight is 378 g/mol. The van der Waals surface area contributed by atoms with E-state index in [0.29, 0.717) is 5.56 Å². The first-order valence-electron chi connectivity index (χ1n) is 7.92. The highest BCUT2D eigenvalue weighted by Crippen LogP contribution is 2.44. The topological polar surface area (TPSA) is 58.6 Å². The molecule has 0 aromatic heterocycles. The molecule has 1 saturated heterocycles. The number of benzene rings is 1. The molecular weight excluding hydrogens is 352 g/mol. The third kappa shape index (κ3) is 4.35. The van der Waals surface area contributed by atoms with Gasteiger partial charge in [-0.05, 0) is 28.0 Å². The molecule has 0 spiro atoms. The van der Waals surface area contributed by atoms with Gasteiger partial charge in [-0.15, -0.1) is 12.4 Å². The first kappa shape index (κ1) is 21.5. The maximum Gasteiger partial charge on any atom is 0.408 e. The van der Waals surface area contributed by atoms with Gasteiger partial charge in [0, 0.05) is 5.56 Å². The van der Waals surface area contributed by atoms with Crippen LogP contribution >= 0.6 is 12.4 Å². The van der Waals surface area contributed by atoms with Crippen LogP contribution in [0.2, 0.25) is 0 Å². The highest BCUT2D eigenvalue weighted by molar-refractivity contribution is 5.85. The number of phenolic OH excluding ortho intramolecular Hbond substituents is 1. The molecule has 1 aromatic carbocycles. The summed E-state index contributed by atoms with van der Waals surface area (Å²) in [7, 11) is 0. The predicted octanol–water partition coefficient (Wildman–Crippen LogP) is 4.83. The molecule has 0 saturated carbocycles. The van der Waals surface area contributed by atoms with E-state index in [0.717, 1.165) is 5.56 Å². The molecule has 1 fully saturated rings. The number of alkyl halides is 2. The van der Waals surface area contributed by atoms with Gasteiger partial charge in [0.2, 0.25) is 0 Å². The minimum atomic E-state index is -3.31. The lowest BCUT2D eigenvalue weighted by molar-refractivity contribution is -0.104. The molecule has 1 atom stereocenters. The van der Waals surface area contributed by atoms with Crippen LogP contribution < -0.4 is 5.32 Å². The van der Waals surface area contributed by atoms with Gasteiger partial charge in [0.15, 0.2) is 6.61 Å². The molecule has 1 aromatic rings. The van der Waals surface area contributed by atoms with Gasteiger partial charge in [-0.3, -0.25) is 0 Å². The SMILES string of the molecule is CC(C)(C)c1cc([C@@H]2NC(=O)OCC2(F)F)c(O)c(C(C)(C)C)c1.Cl. The van der Waals surface area contributed by atoms with E-state index in [1.54, 1.807) is 6.07 Å². The Balaban J connectivity index is 0.00000312. The Labute approximate surface area is 153 Å². The van der Waals surface area contributed by atoms with Gasteiger partial charge < -0.3 is 15.2 Å². The molecule has 4 nitrogen and oxygen atoms in total. The standard InChI is InChI=1S/C18H25F2NO3.ClH/c1-16(2,3)10-7-11(13(22)12(8-10)17(4,5)6)14-18(19,20)9-24-15(23)21-14;/h7-8,14,22H,9H2,1-6H3,(H,21,23);1H/t14-;/m0./s1. The minimum Gasteiger partial charge on any atom is -0.507 e. The zero-order valence-electron chi connectivity index (χ0n) is 15.4. The van der Waals surface area contributed by atoms with Crippen molar-refractivity contribution in [3.05, 3.63) is 28.8 Å². The van der Waals surface area contributed by atoms with Crippen molar-refractivity contribution in [2.75, 3.05) is 6.61 Å². The largest absolute Gasteiger partial charge is 0.507 e. The lowest BCUT2D eigenvalue weighted by atomic mass is 9.77. The summed E-state index contributed by atoms with van der Waals surface area (Å²) < 4.78 is 33.0. The predicted molar refractivity (Wildman–Crippen MR) is 94.9 cm³/mol. The van der Waals surface area contributed by atoms with Crippen molar-refractivity contribution < 1.29 is 23.4 Å². The van der Waals surface area contributed by atoms with E-state index in [2.05, 4.69) is 10.1 Å². The van der Waals surface area contributed by atoms with E-state index in [-0.39, 0.29) is 29.1 Å². The van der Waals surface area contributed by atoms with Crippen molar-refractivity contribution in [3.8, 4) is 5.75 Å². The second-order valence-corrected chi connectivity index (χ2v) is 8.38. The zero-order chi connectivity index (χ0) is 18.5. The summed E-state index contributed by atoms with van der Waals surface area (Å²) in [6.45, 7) is 10.6. The number of aromatic hydroxyl groups is 1. The Bertz CT molecular complexity index is 664. The molecule has 142 valence electrons. The zero-order valence-corrected chi connectivity index (χ0v) is 16.2. The number of ether oxygens (including phenoxy) is 1. The number of alkyl carbamates (subject to hydrolysis) is 1. The monoisotopic (exact) mass is 377 g/mol. The fraction of sp³-hybridized carbons (Fsp3) is 0.611. The first-order valence-corrected chi connectivity index (χ1v) is 7.92. The fourth-order valence-corrected chi connectivity index (χ4v) is 2.70. The van der Waals surface area contributed by atoms with Gasteiger partial charge >= 0.3 is 12.0 Å². The van der Waals surface area contributed by atoms with Crippen molar-refractivity contribution in [1.82, 2.24) is 5.32 Å². The summed E-state index contributed by atoms with van der Waals surface area (Å²) in [5, 5.41) is 12.8. The molecule has 1 aliphatic heterocycles. The Morgan fingerprint density at radius 2 is 1.72 bits per heavy atom. The molecular formula is C18H26ClF2NO3. The Morgan fingerprint density at radius 3 is 2.20 bits per heavy atom. The van der Waals surface area contributed by atoms with Crippen LogP contribution in [-0.4, -0.2) is 23.7 Å². The normalized spacial score (nSPS) is 20.3. The van der Waals surface area contributed by atoms with Crippen molar-refractivity contribution in [2.45, 2.75) is 64.3 Å². The third-order valence-electron chi connectivity index (χ3n) is 4.20. The molecule has 25 heavy (non-hydrogen) atoms. The second kappa shape index (κ2) is 6.63.